The fourth-order valence-electron chi connectivity index (χ4n) is 2.04. The summed E-state index contributed by atoms with van der Waals surface area (Å²) in [5.41, 5.74) is 0.897. The second-order valence-electron chi connectivity index (χ2n) is 4.85. The number of benzene rings is 1. The summed E-state index contributed by atoms with van der Waals surface area (Å²) in [6.45, 7) is 0.665. The summed E-state index contributed by atoms with van der Waals surface area (Å²) in [6, 6.07) is 7.64. The summed E-state index contributed by atoms with van der Waals surface area (Å²) in [7, 11) is 0. The lowest BCUT2D eigenvalue weighted by Crippen LogP contribution is -2.11. The van der Waals surface area contributed by atoms with E-state index in [0.29, 0.717) is 17.8 Å². The van der Waals surface area contributed by atoms with Gasteiger partial charge in [0.15, 0.2) is 0 Å². The van der Waals surface area contributed by atoms with Gasteiger partial charge in [-0.3, -0.25) is 14.8 Å². The summed E-state index contributed by atoms with van der Waals surface area (Å²) < 4.78 is 8.27. The molecular weight excluding hydrogens is 314 g/mol. The average molecular weight is 327 g/mol. The Morgan fingerprint density at radius 2 is 2.04 bits per heavy atom. The van der Waals surface area contributed by atoms with Crippen LogP contribution in [0.5, 0.6) is 0 Å². The molecule has 0 bridgehead atoms. The van der Waals surface area contributed by atoms with Gasteiger partial charge in [-0.05, 0) is 18.2 Å². The van der Waals surface area contributed by atoms with E-state index < -0.39 is 10.9 Å². The molecule has 3 aromatic rings. The van der Waals surface area contributed by atoms with Crippen molar-refractivity contribution in [3.05, 3.63) is 70.8 Å². The van der Waals surface area contributed by atoms with Crippen molar-refractivity contribution in [1.29, 1.82) is 0 Å². The van der Waals surface area contributed by atoms with Crippen LogP contribution in [0.4, 0.5) is 5.69 Å². The van der Waals surface area contributed by atoms with Crippen molar-refractivity contribution in [2.45, 2.75) is 6.54 Å². The maximum absolute atomic E-state index is 12.0. The molecule has 0 spiro atoms. The third kappa shape index (κ3) is 3.46. The molecule has 0 aliphatic heterocycles. The molecule has 0 aliphatic carbocycles. The van der Waals surface area contributed by atoms with Gasteiger partial charge >= 0.3 is 5.97 Å². The summed E-state index contributed by atoms with van der Waals surface area (Å²) in [6.07, 6.45) is 6.32. The van der Waals surface area contributed by atoms with Crippen LogP contribution < -0.4 is 0 Å². The number of esters is 1. The zero-order chi connectivity index (χ0) is 16.9. The van der Waals surface area contributed by atoms with Gasteiger partial charge in [-0.2, -0.15) is 10.2 Å². The van der Waals surface area contributed by atoms with Crippen molar-refractivity contribution < 1.29 is 14.5 Å². The molecule has 9 nitrogen and oxygen atoms in total. The van der Waals surface area contributed by atoms with Crippen molar-refractivity contribution >= 4 is 11.7 Å². The van der Waals surface area contributed by atoms with Gasteiger partial charge in [0.05, 0.1) is 28.9 Å². The molecule has 0 saturated carbocycles. The second-order valence-corrected chi connectivity index (χ2v) is 4.85. The van der Waals surface area contributed by atoms with Gasteiger partial charge in [-0.25, -0.2) is 9.48 Å². The standard InChI is InChI=1S/C15H13N5O4/c21-15(24-9-8-18-7-1-6-16-18)12-10-17-19(11-12)13-2-4-14(5-3-13)20(22)23/h1-7,10-11H,8-9H2. The Labute approximate surface area is 136 Å². The van der Waals surface area contributed by atoms with E-state index in [4.69, 9.17) is 4.74 Å². The van der Waals surface area contributed by atoms with E-state index in [-0.39, 0.29) is 12.3 Å². The van der Waals surface area contributed by atoms with Gasteiger partial charge in [0.2, 0.25) is 0 Å². The predicted molar refractivity (Wildman–Crippen MR) is 82.7 cm³/mol. The Morgan fingerprint density at radius 1 is 1.25 bits per heavy atom. The molecule has 2 aromatic heterocycles. The van der Waals surface area contributed by atoms with Crippen LogP contribution >= 0.6 is 0 Å². The first kappa shape index (κ1) is 15.4. The molecule has 0 unspecified atom stereocenters. The summed E-state index contributed by atoms with van der Waals surface area (Å²) in [4.78, 5) is 22.1. The molecule has 0 saturated heterocycles. The predicted octanol–water partition coefficient (Wildman–Crippen LogP) is 1.83. The summed E-state index contributed by atoms with van der Waals surface area (Å²) in [5.74, 6) is -0.490. The van der Waals surface area contributed by atoms with E-state index >= 15 is 0 Å². The molecular formula is C15H13N5O4. The molecule has 0 radical (unpaired) electrons. The molecule has 2 heterocycles. The molecule has 0 atom stereocenters. The highest BCUT2D eigenvalue weighted by Crippen LogP contribution is 2.15. The molecule has 9 heteroatoms. The minimum absolute atomic E-state index is 0.0100. The van der Waals surface area contributed by atoms with Crippen molar-refractivity contribution in [3.8, 4) is 5.69 Å². The van der Waals surface area contributed by atoms with Crippen LogP contribution in [-0.2, 0) is 11.3 Å². The first-order chi connectivity index (χ1) is 11.6. The summed E-state index contributed by atoms with van der Waals surface area (Å²) in [5, 5.41) is 18.7. The third-order valence-corrected chi connectivity index (χ3v) is 3.26. The van der Waals surface area contributed by atoms with Gasteiger partial charge in [-0.1, -0.05) is 0 Å². The van der Waals surface area contributed by atoms with Crippen LogP contribution in [0.2, 0.25) is 0 Å². The lowest BCUT2D eigenvalue weighted by molar-refractivity contribution is -0.384. The van der Waals surface area contributed by atoms with Crippen molar-refractivity contribution in [3.63, 3.8) is 0 Å². The number of aromatic nitrogens is 4. The van der Waals surface area contributed by atoms with E-state index in [1.165, 1.54) is 29.2 Å². The SMILES string of the molecule is O=C(OCCn1cccn1)c1cnn(-c2ccc([N+](=O)[O-])cc2)c1. The number of hydrogen-bond donors (Lipinski definition) is 0. The first-order valence-corrected chi connectivity index (χ1v) is 7.07. The van der Waals surface area contributed by atoms with Crippen LogP contribution in [0.3, 0.4) is 0 Å². The number of carbonyl (C=O) groups is 1. The minimum Gasteiger partial charge on any atom is -0.460 e. The number of rotatable bonds is 6. The third-order valence-electron chi connectivity index (χ3n) is 3.26. The smallest absolute Gasteiger partial charge is 0.341 e. The van der Waals surface area contributed by atoms with Gasteiger partial charge < -0.3 is 4.74 Å². The number of ether oxygens (including phenoxy) is 1. The highest BCUT2D eigenvalue weighted by molar-refractivity contribution is 5.88. The molecule has 122 valence electrons. The van der Waals surface area contributed by atoms with Crippen molar-refractivity contribution in [1.82, 2.24) is 19.6 Å². The van der Waals surface area contributed by atoms with Crippen molar-refractivity contribution in [2.24, 2.45) is 0 Å². The second kappa shape index (κ2) is 6.73. The lowest BCUT2D eigenvalue weighted by Gasteiger charge is -2.03. The molecule has 0 N–H and O–H groups in total. The monoisotopic (exact) mass is 327 g/mol. The fourth-order valence-corrected chi connectivity index (χ4v) is 2.04. The molecule has 1 aromatic carbocycles. The highest BCUT2D eigenvalue weighted by atomic mass is 16.6. The Bertz CT molecular complexity index is 839. The van der Waals surface area contributed by atoms with Crippen LogP contribution in [0.15, 0.2) is 55.1 Å². The van der Waals surface area contributed by atoms with E-state index in [0.717, 1.165) is 0 Å². The van der Waals surface area contributed by atoms with E-state index in [2.05, 4.69) is 10.2 Å². The average Bonchev–Trinajstić information content (AvgIpc) is 3.26. The van der Waals surface area contributed by atoms with Crippen LogP contribution in [0, 0.1) is 10.1 Å². The van der Waals surface area contributed by atoms with E-state index in [1.54, 1.807) is 35.3 Å². The van der Waals surface area contributed by atoms with E-state index in [9.17, 15) is 14.9 Å². The molecule has 3 rings (SSSR count). The van der Waals surface area contributed by atoms with Crippen LogP contribution in [0.25, 0.3) is 5.69 Å². The zero-order valence-corrected chi connectivity index (χ0v) is 12.5. The van der Waals surface area contributed by atoms with Crippen molar-refractivity contribution in [2.75, 3.05) is 6.61 Å². The van der Waals surface area contributed by atoms with Gasteiger partial charge in [-0.15, -0.1) is 0 Å². The van der Waals surface area contributed by atoms with Gasteiger partial charge in [0, 0.05) is 30.7 Å². The van der Waals surface area contributed by atoms with Gasteiger partial charge in [0.25, 0.3) is 5.69 Å². The quantitative estimate of drug-likeness (QED) is 0.388. The largest absolute Gasteiger partial charge is 0.460 e. The number of nitro benzene ring substituents is 1. The number of nitrogens with zero attached hydrogens (tertiary/aromatic N) is 5. The Hall–Kier alpha value is -3.49. The van der Waals surface area contributed by atoms with Crippen LogP contribution in [-0.4, -0.2) is 37.1 Å². The Morgan fingerprint density at radius 3 is 2.71 bits per heavy atom. The Kier molecular flexibility index (Phi) is 4.32. The highest BCUT2D eigenvalue weighted by Gasteiger charge is 2.12. The number of hydrogen-bond acceptors (Lipinski definition) is 6. The zero-order valence-electron chi connectivity index (χ0n) is 12.5. The molecule has 0 fully saturated rings. The molecule has 0 amide bonds. The maximum Gasteiger partial charge on any atom is 0.341 e. The fraction of sp³-hybridized carbons (Fsp3) is 0.133. The number of nitro groups is 1. The van der Waals surface area contributed by atoms with Crippen LogP contribution in [0.1, 0.15) is 10.4 Å². The number of carbonyl (C=O) groups excluding carboxylic acids is 1. The number of non-ortho nitro benzene ring substituents is 1. The minimum atomic E-state index is -0.490. The topological polar surface area (TPSA) is 105 Å². The summed E-state index contributed by atoms with van der Waals surface area (Å²) >= 11 is 0. The molecule has 0 aliphatic rings. The van der Waals surface area contributed by atoms with E-state index in [1.807, 2.05) is 0 Å². The normalized spacial score (nSPS) is 10.5. The molecule has 24 heavy (non-hydrogen) atoms. The lowest BCUT2D eigenvalue weighted by atomic mass is 10.3. The first-order valence-electron chi connectivity index (χ1n) is 7.07. The Balaban J connectivity index is 1.61. The maximum atomic E-state index is 12.0. The van der Waals surface area contributed by atoms with Gasteiger partial charge in [0.1, 0.15) is 6.61 Å².